The van der Waals surface area contributed by atoms with Crippen molar-refractivity contribution in [1.29, 1.82) is 0 Å². The molecule has 3 amide bonds. The molecule has 0 aliphatic carbocycles. The summed E-state index contributed by atoms with van der Waals surface area (Å²) in [4.78, 5) is 38.4. The number of hydrogen-bond acceptors (Lipinski definition) is 6. The van der Waals surface area contributed by atoms with Gasteiger partial charge in [0.15, 0.2) is 0 Å². The molecule has 1 N–H and O–H groups in total. The summed E-state index contributed by atoms with van der Waals surface area (Å²) in [7, 11) is 0. The molecule has 152 valence electrons. The number of rotatable bonds is 6. The maximum absolute atomic E-state index is 12.5. The minimum atomic E-state index is -0.302. The zero-order valence-electron chi connectivity index (χ0n) is 16.6. The van der Waals surface area contributed by atoms with Gasteiger partial charge in [-0.2, -0.15) is 0 Å². The van der Waals surface area contributed by atoms with Crippen LogP contribution >= 0.6 is 0 Å². The summed E-state index contributed by atoms with van der Waals surface area (Å²) >= 11 is 0. The predicted molar refractivity (Wildman–Crippen MR) is 108 cm³/mol. The number of nitrogens with one attached hydrogen (secondary N) is 1. The van der Waals surface area contributed by atoms with E-state index in [1.165, 1.54) is 11.2 Å². The number of fused-ring (bicyclic) bond motifs is 1. The Kier molecular flexibility index (Phi) is 5.09. The van der Waals surface area contributed by atoms with Gasteiger partial charge in [-0.1, -0.05) is 11.6 Å². The van der Waals surface area contributed by atoms with Gasteiger partial charge in [-0.25, -0.2) is 4.68 Å². The third-order valence-corrected chi connectivity index (χ3v) is 4.99. The summed E-state index contributed by atoms with van der Waals surface area (Å²) in [6, 6.07) is 10.6. The van der Waals surface area contributed by atoms with Crippen molar-refractivity contribution in [3.8, 4) is 5.69 Å². The number of imide groups is 1. The molecule has 0 fully saturated rings. The zero-order valence-corrected chi connectivity index (χ0v) is 16.6. The van der Waals surface area contributed by atoms with Gasteiger partial charge in [-0.3, -0.25) is 19.3 Å². The second-order valence-corrected chi connectivity index (χ2v) is 7.22. The third-order valence-electron chi connectivity index (χ3n) is 4.99. The van der Waals surface area contributed by atoms with Gasteiger partial charge < -0.3 is 5.32 Å². The molecule has 1 aromatic heterocycles. The van der Waals surface area contributed by atoms with Crippen molar-refractivity contribution in [1.82, 2.24) is 25.1 Å². The topological polar surface area (TPSA) is 110 Å². The van der Waals surface area contributed by atoms with Crippen LogP contribution in [0.5, 0.6) is 0 Å². The lowest BCUT2D eigenvalue weighted by atomic mass is 10.1. The molecule has 30 heavy (non-hydrogen) atoms. The Hall–Kier alpha value is -3.88. The van der Waals surface area contributed by atoms with Crippen LogP contribution in [0.4, 0.5) is 5.69 Å². The van der Waals surface area contributed by atoms with Crippen LogP contribution in [0.25, 0.3) is 5.69 Å². The molecule has 0 radical (unpaired) electrons. The fourth-order valence-corrected chi connectivity index (χ4v) is 3.49. The molecule has 0 atom stereocenters. The van der Waals surface area contributed by atoms with Crippen molar-refractivity contribution in [2.24, 2.45) is 0 Å². The third kappa shape index (κ3) is 3.69. The molecule has 1 aliphatic rings. The number of aromatic nitrogens is 4. The van der Waals surface area contributed by atoms with Crippen LogP contribution in [0.2, 0.25) is 0 Å². The van der Waals surface area contributed by atoms with Crippen molar-refractivity contribution < 1.29 is 14.4 Å². The van der Waals surface area contributed by atoms with Crippen LogP contribution in [0, 0.1) is 13.8 Å². The predicted octanol–water partition coefficient (Wildman–Crippen LogP) is 2.29. The Labute approximate surface area is 172 Å². The van der Waals surface area contributed by atoms with Crippen LogP contribution in [0.1, 0.15) is 44.7 Å². The molecule has 3 aromatic rings. The second kappa shape index (κ2) is 7.86. The van der Waals surface area contributed by atoms with E-state index in [0.29, 0.717) is 23.2 Å². The molecule has 0 saturated heterocycles. The van der Waals surface area contributed by atoms with E-state index >= 15 is 0 Å². The van der Waals surface area contributed by atoms with E-state index in [4.69, 9.17) is 0 Å². The lowest BCUT2D eigenvalue weighted by Gasteiger charge is -2.13. The van der Waals surface area contributed by atoms with E-state index in [2.05, 4.69) is 20.8 Å². The molecule has 0 bridgehead atoms. The van der Waals surface area contributed by atoms with E-state index in [1.807, 2.05) is 32.0 Å². The Morgan fingerprint density at radius 1 is 1.03 bits per heavy atom. The average molecular weight is 404 g/mol. The largest absolute Gasteiger partial charge is 0.326 e. The van der Waals surface area contributed by atoms with Gasteiger partial charge >= 0.3 is 0 Å². The van der Waals surface area contributed by atoms with E-state index in [1.54, 1.807) is 22.9 Å². The number of tetrazole rings is 1. The maximum Gasteiger partial charge on any atom is 0.261 e. The number of benzene rings is 2. The first-order valence-electron chi connectivity index (χ1n) is 9.55. The number of carbonyl (C=O) groups excluding carboxylic acids is 3. The fraction of sp³-hybridized carbons (Fsp3) is 0.238. The summed E-state index contributed by atoms with van der Waals surface area (Å²) in [6.45, 7) is 3.98. The van der Waals surface area contributed by atoms with Gasteiger partial charge in [-0.05, 0) is 66.6 Å². The first kappa shape index (κ1) is 19.4. The summed E-state index contributed by atoms with van der Waals surface area (Å²) < 4.78 is 1.55. The lowest BCUT2D eigenvalue weighted by Crippen LogP contribution is -2.31. The molecule has 1 aliphatic heterocycles. The van der Waals surface area contributed by atoms with Crippen molar-refractivity contribution in [2.75, 3.05) is 11.9 Å². The molecule has 0 unspecified atom stereocenters. The Balaban J connectivity index is 1.32. The van der Waals surface area contributed by atoms with Crippen LogP contribution in [-0.4, -0.2) is 49.4 Å². The van der Waals surface area contributed by atoms with Crippen molar-refractivity contribution in [3.05, 3.63) is 65.0 Å². The van der Waals surface area contributed by atoms with Crippen LogP contribution < -0.4 is 5.32 Å². The monoisotopic (exact) mass is 404 g/mol. The minimum Gasteiger partial charge on any atom is -0.326 e. The molecular weight excluding hydrogens is 384 g/mol. The molecule has 0 saturated carbocycles. The van der Waals surface area contributed by atoms with Gasteiger partial charge in [-0.15, -0.1) is 5.10 Å². The Morgan fingerprint density at radius 3 is 2.57 bits per heavy atom. The van der Waals surface area contributed by atoms with Gasteiger partial charge in [0.2, 0.25) is 5.91 Å². The number of amides is 3. The Morgan fingerprint density at radius 2 is 1.83 bits per heavy atom. The summed E-state index contributed by atoms with van der Waals surface area (Å²) in [5, 5.41) is 13.9. The van der Waals surface area contributed by atoms with Crippen molar-refractivity contribution in [3.63, 3.8) is 0 Å². The van der Waals surface area contributed by atoms with Crippen LogP contribution in [0.3, 0.4) is 0 Å². The normalized spacial score (nSPS) is 12.9. The Bertz CT molecular complexity index is 1140. The van der Waals surface area contributed by atoms with Crippen LogP contribution in [-0.2, 0) is 4.79 Å². The highest BCUT2D eigenvalue weighted by Gasteiger charge is 2.34. The molecular formula is C21H20N6O3. The number of hydrogen-bond donors (Lipinski definition) is 1. The average Bonchev–Trinajstić information content (AvgIpc) is 3.31. The number of nitrogens with zero attached hydrogens (tertiary/aromatic N) is 5. The van der Waals surface area contributed by atoms with E-state index in [-0.39, 0.29) is 30.7 Å². The molecule has 9 nitrogen and oxygen atoms in total. The van der Waals surface area contributed by atoms with Gasteiger partial charge in [0.25, 0.3) is 11.8 Å². The highest BCUT2D eigenvalue weighted by atomic mass is 16.2. The molecule has 4 rings (SSSR count). The quantitative estimate of drug-likeness (QED) is 0.631. The van der Waals surface area contributed by atoms with E-state index < -0.39 is 0 Å². The fourth-order valence-electron chi connectivity index (χ4n) is 3.49. The molecule has 2 aromatic carbocycles. The minimum absolute atomic E-state index is 0.183. The van der Waals surface area contributed by atoms with Gasteiger partial charge in [0.1, 0.15) is 6.33 Å². The maximum atomic E-state index is 12.5. The highest BCUT2D eigenvalue weighted by molar-refractivity contribution is 6.21. The summed E-state index contributed by atoms with van der Waals surface area (Å²) in [6.07, 6.45) is 2.08. The van der Waals surface area contributed by atoms with Crippen molar-refractivity contribution in [2.45, 2.75) is 26.7 Å². The number of anilines is 1. The van der Waals surface area contributed by atoms with Crippen LogP contribution in [0.15, 0.2) is 42.7 Å². The SMILES string of the molecule is Cc1ccc2c(c1)C(=O)N(CCCC(=O)Nc1ccc(-n3cnnn3)c(C)c1)C2=O. The van der Waals surface area contributed by atoms with Crippen molar-refractivity contribution >= 4 is 23.4 Å². The zero-order chi connectivity index (χ0) is 21.3. The first-order valence-corrected chi connectivity index (χ1v) is 9.55. The smallest absolute Gasteiger partial charge is 0.261 e. The highest BCUT2D eigenvalue weighted by Crippen LogP contribution is 2.24. The van der Waals surface area contributed by atoms with Gasteiger partial charge in [0, 0.05) is 18.7 Å². The lowest BCUT2D eigenvalue weighted by molar-refractivity contribution is -0.116. The summed E-state index contributed by atoms with van der Waals surface area (Å²) in [5.41, 5.74) is 4.17. The summed E-state index contributed by atoms with van der Waals surface area (Å²) in [5.74, 6) is -0.783. The number of aryl methyl sites for hydroxylation is 2. The van der Waals surface area contributed by atoms with E-state index in [9.17, 15) is 14.4 Å². The number of carbonyl (C=O) groups is 3. The molecule has 9 heteroatoms. The molecule has 2 heterocycles. The molecule has 0 spiro atoms. The standard InChI is InChI=1S/C21H20N6O3/c1-13-5-7-16-17(10-13)21(30)26(20(16)29)9-3-4-19(28)23-15-6-8-18(14(2)11-15)27-12-22-24-25-27/h5-8,10-12H,3-4,9H2,1-2H3,(H,23,28). The first-order chi connectivity index (χ1) is 14.4. The van der Waals surface area contributed by atoms with Gasteiger partial charge in [0.05, 0.1) is 16.8 Å². The van der Waals surface area contributed by atoms with E-state index in [0.717, 1.165) is 16.8 Å². The second-order valence-electron chi connectivity index (χ2n) is 7.22.